The molecule has 0 spiro atoms. The lowest BCUT2D eigenvalue weighted by Crippen LogP contribution is -2.33. The van der Waals surface area contributed by atoms with Crippen LogP contribution in [0, 0.1) is 6.92 Å². The first-order valence-corrected chi connectivity index (χ1v) is 10.9. The largest absolute Gasteiger partial charge is 0.497 e. The monoisotopic (exact) mass is 479 g/mol. The van der Waals surface area contributed by atoms with Gasteiger partial charge < -0.3 is 29.0 Å². The Bertz CT molecular complexity index is 1080. The van der Waals surface area contributed by atoms with Crippen molar-refractivity contribution in [1.82, 2.24) is 5.32 Å². The number of hydrogen-bond acceptors (Lipinski definition) is 7. The summed E-state index contributed by atoms with van der Waals surface area (Å²) in [7, 11) is 4.70. The van der Waals surface area contributed by atoms with Crippen molar-refractivity contribution in [3.8, 4) is 23.0 Å². The highest BCUT2D eigenvalue weighted by molar-refractivity contribution is 5.81. The molecule has 0 radical (unpaired) electrons. The highest BCUT2D eigenvalue weighted by Crippen LogP contribution is 2.28. The van der Waals surface area contributed by atoms with Crippen molar-refractivity contribution in [2.45, 2.75) is 13.0 Å². The van der Waals surface area contributed by atoms with Gasteiger partial charge in [0.2, 0.25) is 0 Å². The number of esters is 1. The van der Waals surface area contributed by atoms with Crippen molar-refractivity contribution in [3.05, 3.63) is 83.4 Å². The lowest BCUT2D eigenvalue weighted by Gasteiger charge is -2.20. The van der Waals surface area contributed by atoms with E-state index in [1.54, 1.807) is 26.4 Å². The van der Waals surface area contributed by atoms with E-state index in [1.165, 1.54) is 7.11 Å². The van der Waals surface area contributed by atoms with Gasteiger partial charge >= 0.3 is 5.97 Å². The second-order valence-electron chi connectivity index (χ2n) is 7.65. The second kappa shape index (κ2) is 12.3. The third kappa shape index (κ3) is 7.14. The van der Waals surface area contributed by atoms with Gasteiger partial charge in [0.05, 0.1) is 27.4 Å². The summed E-state index contributed by atoms with van der Waals surface area (Å²) in [6.45, 7) is 1.12. The summed E-state index contributed by atoms with van der Waals surface area (Å²) < 4.78 is 26.3. The zero-order valence-corrected chi connectivity index (χ0v) is 20.2. The van der Waals surface area contributed by atoms with Crippen LogP contribution >= 0.6 is 0 Å². The van der Waals surface area contributed by atoms with Crippen molar-refractivity contribution in [1.29, 1.82) is 0 Å². The molecule has 0 aliphatic rings. The van der Waals surface area contributed by atoms with Crippen molar-refractivity contribution in [2.75, 3.05) is 34.5 Å². The first-order valence-electron chi connectivity index (χ1n) is 10.9. The average Bonchev–Trinajstić information content (AvgIpc) is 2.90. The predicted molar refractivity (Wildman–Crippen MR) is 130 cm³/mol. The Morgan fingerprint density at radius 3 is 1.83 bits per heavy atom. The highest BCUT2D eigenvalue weighted by atomic mass is 16.6. The molecule has 0 unspecified atom stereocenters. The number of ether oxygens (including phenoxy) is 5. The molecule has 184 valence electrons. The van der Waals surface area contributed by atoms with Crippen LogP contribution in [0.1, 0.15) is 22.7 Å². The summed E-state index contributed by atoms with van der Waals surface area (Å²) in [6.07, 6.45) is 0. The van der Waals surface area contributed by atoms with E-state index >= 15 is 0 Å². The number of rotatable bonds is 11. The van der Waals surface area contributed by atoms with Crippen LogP contribution in [0.5, 0.6) is 23.0 Å². The Morgan fingerprint density at radius 2 is 1.31 bits per heavy atom. The molecule has 8 heteroatoms. The van der Waals surface area contributed by atoms with Crippen molar-refractivity contribution in [3.63, 3.8) is 0 Å². The van der Waals surface area contributed by atoms with Gasteiger partial charge in [-0.05, 0) is 60.0 Å². The van der Waals surface area contributed by atoms with E-state index in [9.17, 15) is 9.59 Å². The van der Waals surface area contributed by atoms with E-state index in [4.69, 9.17) is 23.7 Å². The fraction of sp³-hybridized carbons (Fsp3) is 0.259. The van der Waals surface area contributed by atoms with Crippen LogP contribution < -0.4 is 24.3 Å². The van der Waals surface area contributed by atoms with Crippen molar-refractivity contribution in [2.24, 2.45) is 0 Å². The summed E-state index contributed by atoms with van der Waals surface area (Å²) in [6, 6.07) is 19.6. The van der Waals surface area contributed by atoms with Crippen LogP contribution in [0.2, 0.25) is 0 Å². The Hall–Kier alpha value is -4.20. The molecule has 1 N–H and O–H groups in total. The van der Waals surface area contributed by atoms with Gasteiger partial charge in [0.15, 0.2) is 24.7 Å². The molecule has 0 aliphatic heterocycles. The first-order chi connectivity index (χ1) is 16.9. The molecule has 35 heavy (non-hydrogen) atoms. The van der Waals surface area contributed by atoms with Crippen LogP contribution in [0.15, 0.2) is 66.7 Å². The molecule has 0 saturated heterocycles. The van der Waals surface area contributed by atoms with Crippen LogP contribution in [0.4, 0.5) is 0 Å². The van der Waals surface area contributed by atoms with Gasteiger partial charge in [-0.15, -0.1) is 0 Å². The Balaban J connectivity index is 1.62. The fourth-order valence-electron chi connectivity index (χ4n) is 3.37. The zero-order valence-electron chi connectivity index (χ0n) is 20.2. The molecule has 3 aromatic carbocycles. The fourth-order valence-corrected chi connectivity index (χ4v) is 3.37. The molecule has 8 nitrogen and oxygen atoms in total. The van der Waals surface area contributed by atoms with E-state index in [0.717, 1.165) is 16.7 Å². The highest BCUT2D eigenvalue weighted by Gasteiger charge is 2.19. The summed E-state index contributed by atoms with van der Waals surface area (Å²) in [5, 5.41) is 2.92. The Morgan fingerprint density at radius 1 is 0.743 bits per heavy atom. The molecule has 0 aromatic heterocycles. The third-order valence-electron chi connectivity index (χ3n) is 5.23. The number of carbonyl (C=O) groups excluding carboxylic acids is 2. The number of methoxy groups -OCH3 is 3. The number of benzene rings is 3. The maximum atomic E-state index is 12.7. The Kier molecular flexibility index (Phi) is 8.95. The SMILES string of the molecule is COc1ccc(C(NC(=O)COC(=O)COc2ccc(C)cc2OC)c2ccc(OC)cc2)cc1. The summed E-state index contributed by atoms with van der Waals surface area (Å²) in [5.41, 5.74) is 2.67. The molecular weight excluding hydrogens is 450 g/mol. The lowest BCUT2D eigenvalue weighted by molar-refractivity contribution is -0.150. The minimum absolute atomic E-state index is 0.354. The first kappa shape index (κ1) is 25.4. The van der Waals surface area contributed by atoms with Crippen LogP contribution in [0.3, 0.4) is 0 Å². The minimum atomic E-state index is -0.673. The smallest absolute Gasteiger partial charge is 0.344 e. The topological polar surface area (TPSA) is 92.3 Å². The molecule has 0 fully saturated rings. The average molecular weight is 480 g/mol. The van der Waals surface area contributed by atoms with Gasteiger partial charge in [-0.25, -0.2) is 4.79 Å². The van der Waals surface area contributed by atoms with Crippen molar-refractivity contribution >= 4 is 11.9 Å². The van der Waals surface area contributed by atoms with Gasteiger partial charge in [0, 0.05) is 0 Å². The van der Waals surface area contributed by atoms with Crippen LogP contribution in [0.25, 0.3) is 0 Å². The maximum Gasteiger partial charge on any atom is 0.344 e. The van der Waals surface area contributed by atoms with E-state index in [1.807, 2.05) is 61.5 Å². The van der Waals surface area contributed by atoms with Gasteiger partial charge in [-0.3, -0.25) is 4.79 Å². The minimum Gasteiger partial charge on any atom is -0.497 e. The van der Waals surface area contributed by atoms with Gasteiger partial charge in [0.25, 0.3) is 5.91 Å². The molecule has 0 bridgehead atoms. The Labute approximate surface area is 204 Å². The quantitative estimate of drug-likeness (QED) is 0.418. The summed E-state index contributed by atoms with van der Waals surface area (Å²) in [5.74, 6) is 1.20. The third-order valence-corrected chi connectivity index (χ3v) is 5.23. The van der Waals surface area contributed by atoms with E-state index in [2.05, 4.69) is 5.32 Å². The van der Waals surface area contributed by atoms with E-state index in [0.29, 0.717) is 23.0 Å². The molecule has 3 rings (SSSR count). The van der Waals surface area contributed by atoms with E-state index in [-0.39, 0.29) is 6.61 Å². The second-order valence-corrected chi connectivity index (χ2v) is 7.65. The van der Waals surface area contributed by atoms with Gasteiger partial charge in [-0.2, -0.15) is 0 Å². The normalized spacial score (nSPS) is 10.4. The summed E-state index contributed by atoms with van der Waals surface area (Å²) in [4.78, 5) is 24.8. The number of nitrogens with one attached hydrogen (secondary N) is 1. The molecule has 0 aliphatic carbocycles. The lowest BCUT2D eigenvalue weighted by atomic mass is 9.98. The maximum absolute atomic E-state index is 12.7. The van der Waals surface area contributed by atoms with Crippen LogP contribution in [-0.4, -0.2) is 46.4 Å². The molecular formula is C27H29NO7. The number of carbonyl (C=O) groups is 2. The van der Waals surface area contributed by atoms with Crippen LogP contribution in [-0.2, 0) is 14.3 Å². The van der Waals surface area contributed by atoms with Gasteiger partial charge in [0.1, 0.15) is 11.5 Å². The number of aryl methyl sites for hydroxylation is 1. The number of amides is 1. The molecule has 1 amide bonds. The molecule has 0 heterocycles. The number of hydrogen-bond donors (Lipinski definition) is 1. The zero-order chi connectivity index (χ0) is 25.2. The molecule has 0 atom stereocenters. The molecule has 3 aromatic rings. The molecule has 0 saturated carbocycles. The van der Waals surface area contributed by atoms with Gasteiger partial charge in [-0.1, -0.05) is 30.3 Å². The van der Waals surface area contributed by atoms with E-state index < -0.39 is 24.5 Å². The standard InChI is InChI=1S/C27H29NO7/c1-18-5-14-23(24(15-18)33-4)34-17-26(30)35-16-25(29)28-27(19-6-10-21(31-2)11-7-19)20-8-12-22(32-3)13-9-20/h5-15,27H,16-17H2,1-4H3,(H,28,29). The summed E-state index contributed by atoms with van der Waals surface area (Å²) >= 11 is 0. The predicted octanol–water partition coefficient (Wildman–Crippen LogP) is 3.85. The van der Waals surface area contributed by atoms with Crippen molar-refractivity contribution < 1.29 is 33.3 Å².